The lowest BCUT2D eigenvalue weighted by Crippen LogP contribution is -2.18. The minimum absolute atomic E-state index is 0.0102. The molecular weight excluding hydrogens is 437 g/mol. The highest BCUT2D eigenvalue weighted by Crippen LogP contribution is 2.37. The number of rotatable bonds is 7. The van der Waals surface area contributed by atoms with Crippen molar-refractivity contribution in [2.24, 2.45) is 10.1 Å². The van der Waals surface area contributed by atoms with Crippen molar-refractivity contribution in [3.8, 4) is 5.75 Å². The van der Waals surface area contributed by atoms with Gasteiger partial charge in [0.25, 0.3) is 0 Å². The Labute approximate surface area is 205 Å². The Balaban J connectivity index is 1.41. The van der Waals surface area contributed by atoms with Crippen molar-refractivity contribution in [2.45, 2.75) is 19.4 Å². The summed E-state index contributed by atoms with van der Waals surface area (Å²) < 4.78 is 19.1. The number of hydrogen-bond donors (Lipinski definition) is 0. The van der Waals surface area contributed by atoms with Crippen molar-refractivity contribution in [1.29, 1.82) is 0 Å². The molecule has 0 fully saturated rings. The number of anilines is 1. The molecule has 4 aromatic carbocycles. The summed E-state index contributed by atoms with van der Waals surface area (Å²) in [4.78, 5) is 4.67. The van der Waals surface area contributed by atoms with Gasteiger partial charge in [-0.2, -0.15) is 5.10 Å². The summed E-state index contributed by atoms with van der Waals surface area (Å²) in [5.41, 5.74) is 5.89. The Hall–Kier alpha value is -4.25. The second-order valence-corrected chi connectivity index (χ2v) is 8.31. The number of hydrogen-bond acceptors (Lipinski definition) is 4. The molecule has 0 bridgehead atoms. The van der Waals surface area contributed by atoms with Gasteiger partial charge >= 0.3 is 0 Å². The fourth-order valence-corrected chi connectivity index (χ4v) is 4.18. The Morgan fingerprint density at radius 2 is 1.71 bits per heavy atom. The van der Waals surface area contributed by atoms with Crippen LogP contribution in [0, 0.1) is 5.82 Å². The summed E-state index contributed by atoms with van der Waals surface area (Å²) in [7, 11) is 0. The van der Waals surface area contributed by atoms with Crippen LogP contribution in [0.25, 0.3) is 0 Å². The molecule has 174 valence electrons. The van der Waals surface area contributed by atoms with Crippen LogP contribution in [-0.2, 0) is 0 Å². The third-order valence-corrected chi connectivity index (χ3v) is 5.92. The fraction of sp³-hybridized carbons (Fsp3) is 0.133. The monoisotopic (exact) mass is 463 g/mol. The van der Waals surface area contributed by atoms with E-state index in [1.54, 1.807) is 0 Å². The van der Waals surface area contributed by atoms with Crippen molar-refractivity contribution in [2.75, 3.05) is 11.6 Å². The van der Waals surface area contributed by atoms with E-state index >= 15 is 0 Å². The number of aliphatic imine (C=N–C) groups is 1. The van der Waals surface area contributed by atoms with E-state index in [2.05, 4.69) is 17.1 Å². The minimum Gasteiger partial charge on any atom is -0.494 e. The smallest absolute Gasteiger partial charge is 0.123 e. The molecule has 1 heterocycles. The van der Waals surface area contributed by atoms with Gasteiger partial charge in [-0.05, 0) is 84.3 Å². The third-order valence-electron chi connectivity index (χ3n) is 5.92. The largest absolute Gasteiger partial charge is 0.494 e. The van der Waals surface area contributed by atoms with Crippen LogP contribution in [0.2, 0.25) is 0 Å². The van der Waals surface area contributed by atoms with Gasteiger partial charge in [0.05, 0.1) is 29.7 Å². The van der Waals surface area contributed by atoms with Gasteiger partial charge in [-0.1, -0.05) is 42.5 Å². The Morgan fingerprint density at radius 3 is 2.46 bits per heavy atom. The number of halogens is 1. The molecule has 5 heteroatoms. The van der Waals surface area contributed by atoms with Crippen molar-refractivity contribution in [1.82, 2.24) is 0 Å². The lowest BCUT2D eigenvalue weighted by Gasteiger charge is -2.23. The second-order valence-electron chi connectivity index (χ2n) is 8.31. The van der Waals surface area contributed by atoms with Gasteiger partial charge in [0, 0.05) is 12.6 Å². The predicted molar refractivity (Wildman–Crippen MR) is 141 cm³/mol. The molecule has 0 spiro atoms. The maximum Gasteiger partial charge on any atom is 0.123 e. The van der Waals surface area contributed by atoms with E-state index in [9.17, 15) is 4.39 Å². The second kappa shape index (κ2) is 10.3. The summed E-state index contributed by atoms with van der Waals surface area (Å²) in [6.07, 6.45) is 2.56. The van der Waals surface area contributed by atoms with Crippen LogP contribution in [0.1, 0.15) is 36.1 Å². The maximum atomic E-state index is 13.6. The highest BCUT2D eigenvalue weighted by molar-refractivity contribution is 6.04. The summed E-state index contributed by atoms with van der Waals surface area (Å²) >= 11 is 0. The van der Waals surface area contributed by atoms with Gasteiger partial charge in [-0.25, -0.2) is 4.39 Å². The van der Waals surface area contributed by atoms with E-state index < -0.39 is 0 Å². The van der Waals surface area contributed by atoms with Crippen LogP contribution < -0.4 is 9.75 Å². The lowest BCUT2D eigenvalue weighted by atomic mass is 9.98. The first-order valence-electron chi connectivity index (χ1n) is 11.7. The number of para-hydroxylation sites is 1. The lowest BCUT2D eigenvalue weighted by molar-refractivity contribution is 0.340. The predicted octanol–water partition coefficient (Wildman–Crippen LogP) is 7.33. The molecule has 35 heavy (non-hydrogen) atoms. The van der Waals surface area contributed by atoms with Crippen LogP contribution in [0.5, 0.6) is 5.75 Å². The zero-order valence-electron chi connectivity index (χ0n) is 19.5. The molecule has 4 nitrogen and oxygen atoms in total. The summed E-state index contributed by atoms with van der Waals surface area (Å²) in [5, 5.41) is 7.01. The molecule has 0 radical (unpaired) electrons. The molecule has 0 saturated heterocycles. The molecular formula is C30H26FN3O. The van der Waals surface area contributed by atoms with Gasteiger partial charge in [0.1, 0.15) is 11.6 Å². The number of hydrazone groups is 1. The Bertz CT molecular complexity index is 1330. The maximum absolute atomic E-state index is 13.6. The van der Waals surface area contributed by atoms with Crippen LogP contribution in [0.3, 0.4) is 0 Å². The standard InChI is InChI=1S/C30H26FN3O/c1-2-35-28-17-11-22(12-18-28)21-32-26-8-6-7-24(19-26)29-20-30(23-13-15-25(31)16-14-23)34(33-29)27-9-4-3-5-10-27/h3-19,21,30H,2,20H2,1H3. The average molecular weight is 464 g/mol. The highest BCUT2D eigenvalue weighted by atomic mass is 19.1. The highest BCUT2D eigenvalue weighted by Gasteiger charge is 2.30. The normalized spacial score (nSPS) is 15.4. The number of ether oxygens (including phenoxy) is 1. The van der Waals surface area contributed by atoms with Crippen molar-refractivity contribution >= 4 is 23.3 Å². The van der Waals surface area contributed by atoms with Crippen LogP contribution in [0.4, 0.5) is 15.8 Å². The Morgan fingerprint density at radius 1 is 0.943 bits per heavy atom. The topological polar surface area (TPSA) is 37.2 Å². The fourth-order valence-electron chi connectivity index (χ4n) is 4.18. The molecule has 0 saturated carbocycles. The van der Waals surface area contributed by atoms with E-state index in [1.807, 2.05) is 97.0 Å². The molecule has 5 rings (SSSR count). The molecule has 0 amide bonds. The van der Waals surface area contributed by atoms with E-state index in [0.717, 1.165) is 39.5 Å². The zero-order chi connectivity index (χ0) is 24.0. The SMILES string of the molecule is CCOc1ccc(C=Nc2cccc(C3=NN(c4ccccc4)C(c4ccc(F)cc4)C3)c2)cc1. The molecule has 0 N–H and O–H groups in total. The quantitative estimate of drug-likeness (QED) is 0.269. The van der Waals surface area contributed by atoms with Crippen LogP contribution in [-0.4, -0.2) is 18.5 Å². The Kier molecular flexibility index (Phi) is 6.66. The first-order chi connectivity index (χ1) is 17.2. The van der Waals surface area contributed by atoms with Crippen molar-refractivity contribution in [3.63, 3.8) is 0 Å². The van der Waals surface area contributed by atoms with E-state index in [0.29, 0.717) is 13.0 Å². The van der Waals surface area contributed by atoms with Crippen molar-refractivity contribution < 1.29 is 9.13 Å². The first-order valence-corrected chi connectivity index (χ1v) is 11.7. The van der Waals surface area contributed by atoms with Crippen LogP contribution >= 0.6 is 0 Å². The molecule has 4 aromatic rings. The third kappa shape index (κ3) is 5.30. The number of nitrogens with zero attached hydrogens (tertiary/aromatic N) is 3. The first kappa shape index (κ1) is 22.5. The summed E-state index contributed by atoms with van der Waals surface area (Å²) in [6.45, 7) is 2.62. The van der Waals surface area contributed by atoms with Crippen molar-refractivity contribution in [3.05, 3.63) is 126 Å². The van der Waals surface area contributed by atoms with Gasteiger partial charge in [-0.15, -0.1) is 0 Å². The molecule has 0 aromatic heterocycles. The summed E-state index contributed by atoms with van der Waals surface area (Å²) in [6, 6.07) is 32.7. The van der Waals surface area contributed by atoms with Gasteiger partial charge in [-0.3, -0.25) is 10.0 Å². The van der Waals surface area contributed by atoms with Gasteiger partial charge in [0.2, 0.25) is 0 Å². The molecule has 1 atom stereocenters. The molecule has 1 unspecified atom stereocenters. The zero-order valence-corrected chi connectivity index (χ0v) is 19.5. The van der Waals surface area contributed by atoms with Crippen LogP contribution in [0.15, 0.2) is 113 Å². The molecule has 0 aliphatic carbocycles. The van der Waals surface area contributed by atoms with Gasteiger partial charge < -0.3 is 4.74 Å². The van der Waals surface area contributed by atoms with Gasteiger partial charge in [0.15, 0.2) is 0 Å². The number of benzene rings is 4. The van der Waals surface area contributed by atoms with E-state index in [4.69, 9.17) is 9.84 Å². The van der Waals surface area contributed by atoms with E-state index in [1.165, 1.54) is 12.1 Å². The minimum atomic E-state index is -0.239. The summed E-state index contributed by atoms with van der Waals surface area (Å²) in [5.74, 6) is 0.613. The molecule has 1 aliphatic rings. The van der Waals surface area contributed by atoms with E-state index in [-0.39, 0.29) is 11.9 Å². The average Bonchev–Trinajstić information content (AvgIpc) is 3.35. The molecule has 1 aliphatic heterocycles.